The highest BCUT2D eigenvalue weighted by Gasteiger charge is 2.94. The third-order valence-corrected chi connectivity index (χ3v) is 9.78. The van der Waals surface area contributed by atoms with Gasteiger partial charge in [-0.1, -0.05) is 36.4 Å². The summed E-state index contributed by atoms with van der Waals surface area (Å²) in [6.45, 7) is 1.12. The number of carbonyl (C=O) groups is 2. The van der Waals surface area contributed by atoms with Crippen LogP contribution in [-0.2, 0) is 28.4 Å². The Morgan fingerprint density at radius 1 is 0.881 bits per heavy atom. The van der Waals surface area contributed by atoms with Crippen LogP contribution in [0.4, 0.5) is 0 Å². The molecule has 12 heteroatoms. The van der Waals surface area contributed by atoms with E-state index in [1.807, 2.05) is 0 Å². The molecule has 4 heterocycles. The van der Waals surface area contributed by atoms with Crippen LogP contribution in [-0.4, -0.2) is 99.6 Å². The summed E-state index contributed by atoms with van der Waals surface area (Å²) in [6, 6.07) is 16.7. The minimum atomic E-state index is -1.69. The fourth-order valence-corrected chi connectivity index (χ4v) is 7.68. The molecule has 4 saturated heterocycles. The van der Waals surface area contributed by atoms with Gasteiger partial charge >= 0.3 is 11.9 Å². The third kappa shape index (κ3) is 3.70. The lowest BCUT2D eigenvalue weighted by molar-refractivity contribution is -0.424. The number of hydrogen-bond acceptors (Lipinski definition) is 12. The minimum Gasteiger partial charge on any atom is -0.461 e. The molecule has 7 aliphatic rings. The number of aliphatic hydroxyl groups excluding tert-OH is 3. The monoisotopic (exact) mass is 584 g/mol. The molecule has 9 rings (SSSR count). The highest BCUT2D eigenvalue weighted by atomic mass is 16.8. The van der Waals surface area contributed by atoms with Gasteiger partial charge in [-0.3, -0.25) is 0 Å². The number of aliphatic hydroxyl groups is 4. The quantitative estimate of drug-likeness (QED) is 0.318. The molecular formula is C30H32O12. The second-order valence-electron chi connectivity index (χ2n) is 12.0. The van der Waals surface area contributed by atoms with E-state index in [4.69, 9.17) is 28.4 Å². The van der Waals surface area contributed by atoms with Crippen molar-refractivity contribution in [2.75, 3.05) is 13.2 Å². The molecule has 4 N–H and O–H groups in total. The van der Waals surface area contributed by atoms with Crippen LogP contribution in [0.3, 0.4) is 0 Å². The average Bonchev–Trinajstić information content (AvgIpc) is 3.18. The summed E-state index contributed by atoms with van der Waals surface area (Å²) in [4.78, 5) is 25.4. The molecule has 4 aliphatic heterocycles. The molecule has 7 fully saturated rings. The van der Waals surface area contributed by atoms with Crippen molar-refractivity contribution < 1.29 is 58.4 Å². The fourth-order valence-electron chi connectivity index (χ4n) is 7.68. The number of rotatable bonds is 8. The molecule has 42 heavy (non-hydrogen) atoms. The van der Waals surface area contributed by atoms with Crippen LogP contribution in [0.2, 0.25) is 0 Å². The molecule has 0 unspecified atom stereocenters. The van der Waals surface area contributed by atoms with Crippen LogP contribution in [0.15, 0.2) is 60.7 Å². The van der Waals surface area contributed by atoms with Crippen molar-refractivity contribution in [2.24, 2.45) is 11.3 Å². The van der Waals surface area contributed by atoms with Gasteiger partial charge in [0.15, 0.2) is 18.4 Å². The Morgan fingerprint density at radius 3 is 2.14 bits per heavy atom. The van der Waals surface area contributed by atoms with E-state index in [1.165, 1.54) is 0 Å². The smallest absolute Gasteiger partial charge is 0.338 e. The highest BCUT2D eigenvalue weighted by molar-refractivity contribution is 5.89. The lowest BCUT2D eigenvalue weighted by Gasteiger charge is -2.67. The zero-order valence-electron chi connectivity index (χ0n) is 22.7. The summed E-state index contributed by atoms with van der Waals surface area (Å²) >= 11 is 0. The van der Waals surface area contributed by atoms with E-state index < -0.39 is 83.9 Å². The molecule has 0 aromatic heterocycles. The Balaban J connectivity index is 1.13. The van der Waals surface area contributed by atoms with Gasteiger partial charge in [0.05, 0.1) is 16.5 Å². The first-order valence-corrected chi connectivity index (χ1v) is 13.9. The Labute approximate surface area is 240 Å². The summed E-state index contributed by atoms with van der Waals surface area (Å²) in [5.74, 6) is -3.25. The summed E-state index contributed by atoms with van der Waals surface area (Å²) < 4.78 is 35.7. The van der Waals surface area contributed by atoms with E-state index in [0.29, 0.717) is 11.1 Å². The molecule has 2 aromatic rings. The van der Waals surface area contributed by atoms with E-state index in [-0.39, 0.29) is 19.4 Å². The van der Waals surface area contributed by atoms with Crippen LogP contribution in [0.1, 0.15) is 40.5 Å². The van der Waals surface area contributed by atoms with Gasteiger partial charge in [-0.05, 0) is 37.6 Å². The number of benzene rings is 2. The summed E-state index contributed by atoms with van der Waals surface area (Å²) in [7, 11) is 0. The largest absolute Gasteiger partial charge is 0.461 e. The zero-order chi connectivity index (χ0) is 29.5. The molecule has 3 aliphatic carbocycles. The Hall–Kier alpha value is -2.94. The maximum atomic E-state index is 12.9. The van der Waals surface area contributed by atoms with Gasteiger partial charge in [0.1, 0.15) is 48.8 Å². The van der Waals surface area contributed by atoms with Crippen molar-refractivity contribution in [1.29, 1.82) is 0 Å². The topological polar surface area (TPSA) is 170 Å². The average molecular weight is 585 g/mol. The molecule has 0 amide bonds. The predicted molar refractivity (Wildman–Crippen MR) is 138 cm³/mol. The van der Waals surface area contributed by atoms with Gasteiger partial charge in [0, 0.05) is 12.3 Å². The molecule has 0 spiro atoms. The normalized spacial score (nSPS) is 44.5. The van der Waals surface area contributed by atoms with E-state index in [0.717, 1.165) is 0 Å². The lowest BCUT2D eigenvalue weighted by atomic mass is 9.41. The molecular weight excluding hydrogens is 552 g/mol. The standard InChI is InChI=1S/C30H32O12/c1-27-14-29(36)19-12-30(27,28(19,26(41-27)42-29)15-38-24(35)17-10-6-3-7-11-17)40-25-22(33)21(32)20(31)18(39-25)13-37-23(34)16-8-4-2-5-9-16/h2-11,18-22,25-26,31-33,36H,12-15H2,1H3/t18-,19-,20-,21+,22-,25+,26+,27+,28+,29+,30+/m1/s1. The van der Waals surface area contributed by atoms with Gasteiger partial charge in [0.25, 0.3) is 0 Å². The number of carbonyl (C=O) groups excluding carboxylic acids is 2. The number of esters is 2. The zero-order valence-corrected chi connectivity index (χ0v) is 22.7. The summed E-state index contributed by atoms with van der Waals surface area (Å²) in [5.41, 5.74) is -2.88. The third-order valence-electron chi connectivity index (χ3n) is 9.78. The van der Waals surface area contributed by atoms with Crippen LogP contribution in [0.5, 0.6) is 0 Å². The van der Waals surface area contributed by atoms with Crippen LogP contribution >= 0.6 is 0 Å². The molecule has 3 saturated carbocycles. The first-order chi connectivity index (χ1) is 20.0. The number of ether oxygens (including phenoxy) is 6. The second kappa shape index (κ2) is 9.53. The second-order valence-corrected chi connectivity index (χ2v) is 12.0. The molecule has 12 nitrogen and oxygen atoms in total. The molecule has 6 bridgehead atoms. The molecule has 0 radical (unpaired) electrons. The van der Waals surface area contributed by atoms with E-state index >= 15 is 0 Å². The van der Waals surface area contributed by atoms with Crippen molar-refractivity contribution in [3.8, 4) is 0 Å². The van der Waals surface area contributed by atoms with Gasteiger partial charge in [-0.2, -0.15) is 0 Å². The van der Waals surface area contributed by atoms with Crippen LogP contribution in [0.25, 0.3) is 0 Å². The fraction of sp³-hybridized carbons (Fsp3) is 0.533. The number of hydrogen-bond donors (Lipinski definition) is 4. The van der Waals surface area contributed by atoms with Crippen LogP contribution < -0.4 is 0 Å². The van der Waals surface area contributed by atoms with Crippen molar-refractivity contribution in [2.45, 2.75) is 73.8 Å². The van der Waals surface area contributed by atoms with Crippen molar-refractivity contribution in [3.05, 3.63) is 71.8 Å². The van der Waals surface area contributed by atoms with E-state index in [1.54, 1.807) is 67.6 Å². The molecule has 11 atom stereocenters. The molecule has 2 aromatic carbocycles. The van der Waals surface area contributed by atoms with Gasteiger partial charge < -0.3 is 48.8 Å². The SMILES string of the molecule is C[C@@]12C[C@]3(O)O[C@H](O1)[C@]1(COC(=O)c4ccccc4)[C@H]3C[C@@]12O[C@@H]1O[C@H](COC(=O)c2ccccc2)[C@@H](O)[C@H](O)[C@H]1O. The summed E-state index contributed by atoms with van der Waals surface area (Å²) in [6.07, 6.45) is -8.34. The van der Waals surface area contributed by atoms with E-state index in [9.17, 15) is 30.0 Å². The van der Waals surface area contributed by atoms with Crippen molar-refractivity contribution >= 4 is 11.9 Å². The van der Waals surface area contributed by atoms with E-state index in [2.05, 4.69) is 0 Å². The lowest BCUT2D eigenvalue weighted by Crippen LogP contribution is -2.80. The first kappa shape index (κ1) is 27.9. The Morgan fingerprint density at radius 2 is 1.50 bits per heavy atom. The van der Waals surface area contributed by atoms with Gasteiger partial charge in [-0.15, -0.1) is 0 Å². The molecule has 224 valence electrons. The van der Waals surface area contributed by atoms with Crippen molar-refractivity contribution in [3.63, 3.8) is 0 Å². The first-order valence-electron chi connectivity index (χ1n) is 13.9. The maximum absolute atomic E-state index is 12.9. The van der Waals surface area contributed by atoms with Crippen molar-refractivity contribution in [1.82, 2.24) is 0 Å². The van der Waals surface area contributed by atoms with Gasteiger partial charge in [-0.25, -0.2) is 9.59 Å². The predicted octanol–water partition coefficient (Wildman–Crippen LogP) is 0.507. The maximum Gasteiger partial charge on any atom is 0.338 e. The summed E-state index contributed by atoms with van der Waals surface area (Å²) in [5, 5.41) is 43.6. The Bertz CT molecular complexity index is 1370. The Kier molecular flexibility index (Phi) is 6.32. The van der Waals surface area contributed by atoms with Gasteiger partial charge in [0.2, 0.25) is 0 Å². The highest BCUT2D eigenvalue weighted by Crippen LogP contribution is 2.81. The van der Waals surface area contributed by atoms with Crippen LogP contribution in [0, 0.1) is 11.3 Å². The minimum absolute atomic E-state index is 0.0572.